The van der Waals surface area contributed by atoms with Crippen molar-refractivity contribution in [2.75, 3.05) is 0 Å². The van der Waals surface area contributed by atoms with Gasteiger partial charge in [-0.05, 0) is 36.5 Å². The van der Waals surface area contributed by atoms with Crippen LogP contribution >= 0.6 is 0 Å². The largest absolute Gasteiger partial charge is 0.492 e. The lowest BCUT2D eigenvalue weighted by Crippen LogP contribution is -2.29. The molecule has 24 heavy (non-hydrogen) atoms. The molecule has 0 bridgehead atoms. The summed E-state index contributed by atoms with van der Waals surface area (Å²) in [6, 6.07) is 11.2. The average molecular weight is 325 g/mol. The quantitative estimate of drug-likeness (QED) is 0.402. The molecule has 2 aromatic rings. The van der Waals surface area contributed by atoms with Gasteiger partial charge in [-0.1, -0.05) is 30.3 Å². The third-order valence-electron chi connectivity index (χ3n) is 4.20. The van der Waals surface area contributed by atoms with E-state index in [4.69, 9.17) is 4.65 Å². The topological polar surface area (TPSA) is 89.7 Å². The summed E-state index contributed by atoms with van der Waals surface area (Å²) in [5.74, 6) is -0.338. The Kier molecular flexibility index (Phi) is 3.99. The van der Waals surface area contributed by atoms with Crippen LogP contribution in [0.3, 0.4) is 0 Å². The second-order valence-corrected chi connectivity index (χ2v) is 6.28. The summed E-state index contributed by atoms with van der Waals surface area (Å²) < 4.78 is 5.50. The molecule has 0 atom stereocenters. The van der Waals surface area contributed by atoms with Gasteiger partial charge in [-0.15, -0.1) is 0 Å². The molecule has 2 aromatic carbocycles. The van der Waals surface area contributed by atoms with Crippen LogP contribution in [0, 0.1) is 10.1 Å². The number of ketones is 1. The van der Waals surface area contributed by atoms with Crippen molar-refractivity contribution in [1.29, 1.82) is 0 Å². The van der Waals surface area contributed by atoms with Crippen LogP contribution in [0.15, 0.2) is 42.5 Å². The molecule has 1 aliphatic heterocycles. The van der Waals surface area contributed by atoms with Crippen LogP contribution < -0.4 is 5.46 Å². The molecule has 0 fully saturated rings. The fourth-order valence-corrected chi connectivity index (χ4v) is 3.03. The Hall–Kier alpha value is -2.51. The molecule has 122 valence electrons. The number of carbonyl (C=O) groups is 1. The first kappa shape index (κ1) is 16.4. The van der Waals surface area contributed by atoms with E-state index in [0.29, 0.717) is 11.0 Å². The van der Waals surface area contributed by atoms with Crippen LogP contribution in [-0.2, 0) is 16.7 Å². The van der Waals surface area contributed by atoms with Crippen LogP contribution in [0.5, 0.6) is 0 Å². The highest BCUT2D eigenvalue weighted by atomic mass is 16.6. The fourth-order valence-electron chi connectivity index (χ4n) is 3.03. The first-order valence-electron chi connectivity index (χ1n) is 7.55. The number of benzene rings is 2. The van der Waals surface area contributed by atoms with E-state index in [1.165, 1.54) is 18.2 Å². The van der Waals surface area contributed by atoms with Gasteiger partial charge in [0.05, 0.1) is 16.1 Å². The van der Waals surface area contributed by atoms with Crippen LogP contribution in [0.25, 0.3) is 0 Å². The van der Waals surface area contributed by atoms with Gasteiger partial charge < -0.3 is 9.68 Å². The van der Waals surface area contributed by atoms with Gasteiger partial charge in [-0.25, -0.2) is 0 Å². The lowest BCUT2D eigenvalue weighted by molar-refractivity contribution is -0.385. The van der Waals surface area contributed by atoms with E-state index in [0.717, 1.165) is 5.56 Å². The van der Waals surface area contributed by atoms with E-state index in [1.54, 1.807) is 18.2 Å². The van der Waals surface area contributed by atoms with Crippen molar-refractivity contribution in [3.63, 3.8) is 0 Å². The van der Waals surface area contributed by atoms with Crippen molar-refractivity contribution >= 4 is 24.1 Å². The van der Waals surface area contributed by atoms with Crippen LogP contribution in [0.2, 0.25) is 0 Å². The molecule has 0 spiro atoms. The van der Waals surface area contributed by atoms with Gasteiger partial charge in [-0.2, -0.15) is 0 Å². The number of nitro groups is 1. The van der Waals surface area contributed by atoms with Crippen molar-refractivity contribution < 1.29 is 19.4 Å². The Labute approximate surface area is 139 Å². The number of fused-ring (bicyclic) bond motifs is 1. The number of hydrogen-bond donors (Lipinski definition) is 1. The maximum Gasteiger partial charge on any atom is 0.492 e. The number of para-hydroxylation sites is 1. The van der Waals surface area contributed by atoms with Crippen LogP contribution in [-0.4, -0.2) is 22.8 Å². The van der Waals surface area contributed by atoms with Gasteiger partial charge in [0.2, 0.25) is 0 Å². The SMILES string of the molecule is CC1(C)OB(O)c2cc(CC(=O)c3ccccc3[N+](=O)[O-])ccc21. The molecular weight excluding hydrogens is 309 g/mol. The zero-order valence-corrected chi connectivity index (χ0v) is 13.4. The van der Waals surface area contributed by atoms with E-state index in [1.807, 2.05) is 19.9 Å². The smallest absolute Gasteiger partial charge is 0.423 e. The minimum absolute atomic E-state index is 0.0191. The van der Waals surface area contributed by atoms with Crippen molar-refractivity contribution in [3.8, 4) is 0 Å². The highest BCUT2D eigenvalue weighted by molar-refractivity contribution is 6.62. The Morgan fingerprint density at radius 1 is 1.29 bits per heavy atom. The van der Waals surface area contributed by atoms with Gasteiger partial charge >= 0.3 is 7.12 Å². The number of rotatable bonds is 4. The number of hydrogen-bond acceptors (Lipinski definition) is 5. The van der Waals surface area contributed by atoms with Crippen molar-refractivity contribution in [2.24, 2.45) is 0 Å². The number of nitrogens with zero attached hydrogens (tertiary/aromatic N) is 1. The minimum Gasteiger partial charge on any atom is -0.423 e. The first-order chi connectivity index (χ1) is 11.3. The predicted octanol–water partition coefficient (Wildman–Crippen LogP) is 1.97. The van der Waals surface area contributed by atoms with E-state index < -0.39 is 17.6 Å². The highest BCUT2D eigenvalue weighted by Gasteiger charge is 2.40. The molecule has 0 amide bonds. The van der Waals surface area contributed by atoms with Crippen LogP contribution in [0.1, 0.15) is 35.3 Å². The monoisotopic (exact) mass is 325 g/mol. The van der Waals surface area contributed by atoms with Gasteiger partial charge in [-0.3, -0.25) is 14.9 Å². The molecule has 1 aliphatic rings. The van der Waals surface area contributed by atoms with E-state index in [2.05, 4.69) is 0 Å². The third kappa shape index (κ3) is 2.84. The standard InChI is InChI=1S/C17H16BNO5/c1-17(2)13-8-7-11(9-14(13)18(21)24-17)10-16(20)12-5-3-4-6-15(12)19(22)23/h3-9,21H,10H2,1-2H3. The third-order valence-corrected chi connectivity index (χ3v) is 4.20. The summed E-state index contributed by atoms with van der Waals surface area (Å²) in [6.45, 7) is 3.72. The van der Waals surface area contributed by atoms with E-state index >= 15 is 0 Å². The Balaban J connectivity index is 1.89. The molecular formula is C17H16BNO5. The Bertz CT molecular complexity index is 833. The van der Waals surface area contributed by atoms with Crippen LogP contribution in [0.4, 0.5) is 5.69 Å². The number of Topliss-reactive ketones (excluding diaryl/α,β-unsaturated/α-hetero) is 1. The number of nitro benzene ring substituents is 1. The van der Waals surface area contributed by atoms with Crippen molar-refractivity contribution in [3.05, 3.63) is 69.3 Å². The second kappa shape index (κ2) is 5.85. The average Bonchev–Trinajstić information content (AvgIpc) is 2.76. The maximum absolute atomic E-state index is 12.5. The summed E-state index contributed by atoms with van der Waals surface area (Å²) in [6.07, 6.45) is 0.0191. The highest BCUT2D eigenvalue weighted by Crippen LogP contribution is 2.30. The maximum atomic E-state index is 12.5. The summed E-state index contributed by atoms with van der Waals surface area (Å²) in [5, 5.41) is 21.1. The molecule has 6 nitrogen and oxygen atoms in total. The van der Waals surface area contributed by atoms with E-state index in [-0.39, 0.29) is 23.5 Å². The minimum atomic E-state index is -1.03. The second-order valence-electron chi connectivity index (χ2n) is 6.28. The summed E-state index contributed by atoms with van der Waals surface area (Å²) >= 11 is 0. The molecule has 0 radical (unpaired) electrons. The summed E-state index contributed by atoms with van der Waals surface area (Å²) in [7, 11) is -1.03. The molecule has 0 saturated heterocycles. The summed E-state index contributed by atoms with van der Waals surface area (Å²) in [4.78, 5) is 22.9. The molecule has 1 heterocycles. The summed E-state index contributed by atoms with van der Waals surface area (Å²) in [5.41, 5.74) is 1.48. The normalized spacial score (nSPS) is 15.2. The molecule has 0 aromatic heterocycles. The van der Waals surface area contributed by atoms with E-state index in [9.17, 15) is 19.9 Å². The van der Waals surface area contributed by atoms with Crippen molar-refractivity contribution in [1.82, 2.24) is 0 Å². The van der Waals surface area contributed by atoms with Gasteiger partial charge in [0.1, 0.15) is 0 Å². The molecule has 7 heteroatoms. The first-order valence-corrected chi connectivity index (χ1v) is 7.55. The van der Waals surface area contributed by atoms with Crippen molar-refractivity contribution in [2.45, 2.75) is 25.9 Å². The van der Waals surface area contributed by atoms with Gasteiger partial charge in [0.15, 0.2) is 5.78 Å². The molecule has 1 N–H and O–H groups in total. The zero-order chi connectivity index (χ0) is 17.5. The number of carbonyl (C=O) groups excluding carboxylic acids is 1. The van der Waals surface area contributed by atoms with Gasteiger partial charge in [0, 0.05) is 12.5 Å². The molecule has 0 aliphatic carbocycles. The molecule has 0 saturated carbocycles. The lowest BCUT2D eigenvalue weighted by atomic mass is 9.77. The Morgan fingerprint density at radius 2 is 2.00 bits per heavy atom. The van der Waals surface area contributed by atoms with Gasteiger partial charge in [0.25, 0.3) is 5.69 Å². The lowest BCUT2D eigenvalue weighted by Gasteiger charge is -2.19. The fraction of sp³-hybridized carbons (Fsp3) is 0.235. The molecule has 0 unspecified atom stereocenters. The predicted molar refractivity (Wildman–Crippen MR) is 89.3 cm³/mol. The zero-order valence-electron chi connectivity index (χ0n) is 13.4. The molecule has 3 rings (SSSR count). The Morgan fingerprint density at radius 3 is 2.71 bits per heavy atom.